The van der Waals surface area contributed by atoms with E-state index in [2.05, 4.69) is 9.47 Å². The summed E-state index contributed by atoms with van der Waals surface area (Å²) in [6.45, 7) is 3.48. The molecule has 0 aliphatic heterocycles. The molecule has 1 heterocycles. The predicted octanol–water partition coefficient (Wildman–Crippen LogP) is 6.87. The van der Waals surface area contributed by atoms with Crippen molar-refractivity contribution in [2.24, 2.45) is 0 Å². The molecule has 0 saturated carbocycles. The molecule has 0 aliphatic carbocycles. The molecule has 33 heavy (non-hydrogen) atoms. The molecular formula is C22H17F6NO3S. The standard InChI is InChI=1S/C22H17F6NO3S/c1-13-11-19(14(2)29(13)15-3-5-16(6-4-15)31-21(23,24)25)20(30)12-33-18-9-7-17(8-10-18)32-22(26,27)28/h3-11H,12H2,1-2H3. The third-order valence-corrected chi connectivity index (χ3v) is 5.50. The normalized spacial score (nSPS) is 12.0. The van der Waals surface area contributed by atoms with Gasteiger partial charge < -0.3 is 14.0 Å². The van der Waals surface area contributed by atoms with Crippen molar-refractivity contribution >= 4 is 17.5 Å². The minimum atomic E-state index is -4.79. The second kappa shape index (κ2) is 9.42. The van der Waals surface area contributed by atoms with Crippen molar-refractivity contribution in [3.05, 3.63) is 71.5 Å². The number of carbonyl (C=O) groups excluding carboxylic acids is 1. The average molecular weight is 489 g/mol. The van der Waals surface area contributed by atoms with Crippen molar-refractivity contribution in [3.63, 3.8) is 0 Å². The highest BCUT2D eigenvalue weighted by Crippen LogP contribution is 2.29. The van der Waals surface area contributed by atoms with Crippen LogP contribution in [-0.2, 0) is 0 Å². The van der Waals surface area contributed by atoms with Crippen LogP contribution in [0.2, 0.25) is 0 Å². The molecule has 1 aromatic heterocycles. The van der Waals surface area contributed by atoms with E-state index in [1.165, 1.54) is 48.5 Å². The van der Waals surface area contributed by atoms with Crippen molar-refractivity contribution in [2.75, 3.05) is 5.75 Å². The number of hydrogen-bond donors (Lipinski definition) is 0. The van der Waals surface area contributed by atoms with Crippen LogP contribution in [-0.4, -0.2) is 28.8 Å². The van der Waals surface area contributed by atoms with E-state index < -0.39 is 12.7 Å². The Morgan fingerprint density at radius 2 is 1.33 bits per heavy atom. The fourth-order valence-corrected chi connectivity index (χ4v) is 3.99. The maximum atomic E-state index is 12.7. The lowest BCUT2D eigenvalue weighted by atomic mass is 10.2. The molecule has 0 bridgehead atoms. The van der Waals surface area contributed by atoms with Crippen LogP contribution in [0.15, 0.2) is 59.5 Å². The molecule has 0 radical (unpaired) electrons. The van der Waals surface area contributed by atoms with E-state index in [1.807, 2.05) is 0 Å². The number of benzene rings is 2. The highest BCUT2D eigenvalue weighted by atomic mass is 32.2. The largest absolute Gasteiger partial charge is 0.573 e. The van der Waals surface area contributed by atoms with Crippen molar-refractivity contribution in [1.29, 1.82) is 0 Å². The highest BCUT2D eigenvalue weighted by molar-refractivity contribution is 8.00. The molecular weight excluding hydrogens is 472 g/mol. The summed E-state index contributed by atoms with van der Waals surface area (Å²) in [6.07, 6.45) is -9.57. The average Bonchev–Trinajstić information content (AvgIpc) is 3.00. The second-order valence-corrected chi connectivity index (χ2v) is 7.94. The summed E-state index contributed by atoms with van der Waals surface area (Å²) in [6, 6.07) is 12.1. The van der Waals surface area contributed by atoms with Gasteiger partial charge in [0.25, 0.3) is 0 Å². The number of nitrogens with zero attached hydrogens (tertiary/aromatic N) is 1. The second-order valence-electron chi connectivity index (χ2n) is 6.89. The zero-order valence-electron chi connectivity index (χ0n) is 17.3. The number of Topliss-reactive ketones (excluding diaryl/α,β-unsaturated/α-hetero) is 1. The third kappa shape index (κ3) is 6.70. The van der Waals surface area contributed by atoms with Gasteiger partial charge in [0.05, 0.1) is 5.75 Å². The molecule has 11 heteroatoms. The first-order valence-corrected chi connectivity index (χ1v) is 10.4. The SMILES string of the molecule is Cc1cc(C(=O)CSc2ccc(OC(F)(F)F)cc2)c(C)n1-c1ccc(OC(F)(F)F)cc1. The first-order valence-electron chi connectivity index (χ1n) is 9.39. The van der Waals surface area contributed by atoms with E-state index in [0.717, 1.165) is 11.8 Å². The van der Waals surface area contributed by atoms with Crippen LogP contribution in [0.25, 0.3) is 5.69 Å². The first kappa shape index (κ1) is 24.6. The number of carbonyl (C=O) groups is 1. The summed E-state index contributed by atoms with van der Waals surface area (Å²) in [5, 5.41) is 0. The lowest BCUT2D eigenvalue weighted by Crippen LogP contribution is -2.17. The van der Waals surface area contributed by atoms with E-state index in [0.29, 0.717) is 27.5 Å². The molecule has 0 saturated heterocycles. The highest BCUT2D eigenvalue weighted by Gasteiger charge is 2.31. The minimum absolute atomic E-state index is 0.0438. The van der Waals surface area contributed by atoms with Gasteiger partial charge in [0.2, 0.25) is 0 Å². The van der Waals surface area contributed by atoms with Gasteiger partial charge in [0.1, 0.15) is 11.5 Å². The number of ketones is 1. The Labute approximate surface area is 189 Å². The van der Waals surface area contributed by atoms with Gasteiger partial charge in [-0.2, -0.15) is 0 Å². The van der Waals surface area contributed by atoms with Gasteiger partial charge in [-0.3, -0.25) is 4.79 Å². The maximum Gasteiger partial charge on any atom is 0.573 e. The summed E-state index contributed by atoms with van der Waals surface area (Å²) >= 11 is 1.16. The minimum Gasteiger partial charge on any atom is -0.406 e. The molecule has 0 N–H and O–H groups in total. The number of halogens is 6. The summed E-state index contributed by atoms with van der Waals surface area (Å²) in [5.41, 5.74) is 2.31. The van der Waals surface area contributed by atoms with Gasteiger partial charge in [0.15, 0.2) is 5.78 Å². The van der Waals surface area contributed by atoms with Crippen molar-refractivity contribution in [1.82, 2.24) is 4.57 Å². The lowest BCUT2D eigenvalue weighted by molar-refractivity contribution is -0.275. The molecule has 0 amide bonds. The number of thioether (sulfide) groups is 1. The third-order valence-electron chi connectivity index (χ3n) is 4.49. The Morgan fingerprint density at radius 1 is 0.848 bits per heavy atom. The Bertz CT molecular complexity index is 1120. The predicted molar refractivity (Wildman–Crippen MR) is 110 cm³/mol. The quantitative estimate of drug-likeness (QED) is 0.206. The Hall–Kier alpha value is -3.08. The molecule has 3 rings (SSSR count). The van der Waals surface area contributed by atoms with Crippen molar-refractivity contribution in [2.45, 2.75) is 31.5 Å². The molecule has 0 fully saturated rings. The Kier molecular flexibility index (Phi) is 7.01. The molecule has 0 atom stereocenters. The summed E-state index contributed by atoms with van der Waals surface area (Å²) < 4.78 is 83.2. The fourth-order valence-electron chi connectivity index (χ4n) is 3.20. The van der Waals surface area contributed by atoms with Crippen LogP contribution >= 0.6 is 11.8 Å². The zero-order valence-corrected chi connectivity index (χ0v) is 18.1. The van der Waals surface area contributed by atoms with Crippen LogP contribution in [0.5, 0.6) is 11.5 Å². The van der Waals surface area contributed by atoms with Gasteiger partial charge in [-0.1, -0.05) is 0 Å². The number of ether oxygens (including phenoxy) is 2. The zero-order chi connectivity index (χ0) is 24.4. The van der Waals surface area contributed by atoms with E-state index in [-0.39, 0.29) is 23.0 Å². The summed E-state index contributed by atoms with van der Waals surface area (Å²) in [4.78, 5) is 13.3. The van der Waals surface area contributed by atoms with Gasteiger partial charge >= 0.3 is 12.7 Å². The molecule has 3 aromatic rings. The van der Waals surface area contributed by atoms with Gasteiger partial charge in [-0.05, 0) is 68.4 Å². The lowest BCUT2D eigenvalue weighted by Gasteiger charge is -2.12. The first-order chi connectivity index (χ1) is 15.3. The smallest absolute Gasteiger partial charge is 0.406 e. The van der Waals surface area contributed by atoms with Crippen molar-refractivity contribution in [3.8, 4) is 17.2 Å². The van der Waals surface area contributed by atoms with Crippen LogP contribution in [0.4, 0.5) is 26.3 Å². The number of aromatic nitrogens is 1. The molecule has 0 aliphatic rings. The van der Waals surface area contributed by atoms with E-state index in [1.54, 1.807) is 24.5 Å². The molecule has 2 aromatic carbocycles. The number of alkyl halides is 6. The number of rotatable bonds is 7. The van der Waals surface area contributed by atoms with Crippen LogP contribution < -0.4 is 9.47 Å². The molecule has 0 unspecified atom stereocenters. The van der Waals surface area contributed by atoms with E-state index in [9.17, 15) is 31.1 Å². The monoisotopic (exact) mass is 489 g/mol. The number of hydrogen-bond acceptors (Lipinski definition) is 4. The molecule has 4 nitrogen and oxygen atoms in total. The van der Waals surface area contributed by atoms with Gasteiger partial charge in [-0.25, -0.2) is 0 Å². The maximum absolute atomic E-state index is 12.7. The fraction of sp³-hybridized carbons (Fsp3) is 0.227. The van der Waals surface area contributed by atoms with Crippen molar-refractivity contribution < 1.29 is 40.6 Å². The Balaban J connectivity index is 1.69. The van der Waals surface area contributed by atoms with Crippen LogP contribution in [0, 0.1) is 13.8 Å². The van der Waals surface area contributed by atoms with Gasteiger partial charge in [0, 0.05) is 27.5 Å². The molecule has 176 valence electrons. The summed E-state index contributed by atoms with van der Waals surface area (Å²) in [7, 11) is 0. The van der Waals surface area contributed by atoms with Crippen LogP contribution in [0.3, 0.4) is 0 Å². The summed E-state index contributed by atoms with van der Waals surface area (Å²) in [5.74, 6) is -0.865. The van der Waals surface area contributed by atoms with E-state index in [4.69, 9.17) is 0 Å². The molecule has 0 spiro atoms. The number of aryl methyl sites for hydroxylation is 1. The topological polar surface area (TPSA) is 40.5 Å². The van der Waals surface area contributed by atoms with E-state index >= 15 is 0 Å². The van der Waals surface area contributed by atoms with Crippen LogP contribution in [0.1, 0.15) is 21.7 Å². The van der Waals surface area contributed by atoms with Gasteiger partial charge in [-0.15, -0.1) is 38.1 Å². The Morgan fingerprint density at radius 3 is 1.82 bits per heavy atom.